The van der Waals surface area contributed by atoms with Crippen LogP contribution in [0.1, 0.15) is 132 Å². The van der Waals surface area contributed by atoms with Crippen LogP contribution in [0.25, 0.3) is 0 Å². The third-order valence-corrected chi connectivity index (χ3v) is 7.62. The van der Waals surface area contributed by atoms with Crippen molar-refractivity contribution in [1.82, 2.24) is 0 Å². The number of hydrogen-bond acceptors (Lipinski definition) is 5. The van der Waals surface area contributed by atoms with E-state index in [1.165, 1.54) is 84.2 Å². The number of halogens is 3. The molecule has 0 saturated carbocycles. The quantitative estimate of drug-likeness (QED) is 0.123. The molecule has 0 aromatic carbocycles. The first-order chi connectivity index (χ1) is 16.9. The van der Waals surface area contributed by atoms with Crippen molar-refractivity contribution < 1.29 is 35.2 Å². The Hall–Kier alpha value is -0.380. The summed E-state index contributed by atoms with van der Waals surface area (Å²) in [5, 5.41) is 0. The summed E-state index contributed by atoms with van der Waals surface area (Å²) < 4.78 is 74.1. The van der Waals surface area contributed by atoms with Gasteiger partial charge in [0.2, 0.25) is 0 Å². The van der Waals surface area contributed by atoms with Crippen LogP contribution in [0.2, 0.25) is 0 Å². The molecule has 1 aliphatic heterocycles. The number of rotatable bonds is 14. The van der Waals surface area contributed by atoms with E-state index in [1.54, 1.807) is 13.8 Å². The van der Waals surface area contributed by atoms with Crippen LogP contribution in [-0.2, 0) is 23.8 Å². The van der Waals surface area contributed by atoms with E-state index in [4.69, 9.17) is 9.47 Å². The van der Waals surface area contributed by atoms with Crippen LogP contribution in [0.5, 0.6) is 0 Å². The lowest BCUT2D eigenvalue weighted by Crippen LogP contribution is -2.52. The summed E-state index contributed by atoms with van der Waals surface area (Å²) >= 11 is 0. The minimum Gasteiger partial charge on any atom is -0.353 e. The summed E-state index contributed by atoms with van der Waals surface area (Å²) in [6, 6.07) is 0. The van der Waals surface area contributed by atoms with E-state index in [0.29, 0.717) is 6.42 Å². The van der Waals surface area contributed by atoms with Gasteiger partial charge in [0.1, 0.15) is 6.10 Å². The van der Waals surface area contributed by atoms with Crippen molar-refractivity contribution in [3.05, 3.63) is 0 Å². The normalized spacial score (nSPS) is 24.4. The SMILES string of the molecule is CCC1O[C@@H](OC)C(OS(=O)(=O)C(F)(F)F)[C@@H](C)[C@H]1C.CCCCCCCC.CCCCCCCC. The minimum absolute atomic E-state index is 0.153. The smallest absolute Gasteiger partial charge is 0.353 e. The fourth-order valence-corrected chi connectivity index (χ4v) is 4.63. The molecule has 0 bridgehead atoms. The van der Waals surface area contributed by atoms with E-state index in [1.807, 2.05) is 6.92 Å². The maximum absolute atomic E-state index is 12.4. The number of alkyl halides is 3. The lowest BCUT2D eigenvalue weighted by Gasteiger charge is -2.43. The highest BCUT2D eigenvalue weighted by Crippen LogP contribution is 2.37. The van der Waals surface area contributed by atoms with Gasteiger partial charge in [-0.3, -0.25) is 4.18 Å². The number of unbranched alkanes of at least 4 members (excludes halogenated alkanes) is 10. The molecule has 1 rings (SSSR count). The predicted octanol–water partition coefficient (Wildman–Crippen LogP) is 9.01. The van der Waals surface area contributed by atoms with Gasteiger partial charge in [-0.15, -0.1) is 0 Å². The first-order valence-corrected chi connectivity index (χ1v) is 15.5. The van der Waals surface area contributed by atoms with Gasteiger partial charge in [0.05, 0.1) is 6.10 Å². The number of hydrogen-bond donors (Lipinski definition) is 0. The molecule has 0 radical (unpaired) electrons. The molecule has 5 nitrogen and oxygen atoms in total. The summed E-state index contributed by atoms with van der Waals surface area (Å²) in [4.78, 5) is 0. The lowest BCUT2D eigenvalue weighted by atomic mass is 9.83. The topological polar surface area (TPSA) is 61.8 Å². The molecule has 0 N–H and O–H groups in total. The standard InChI is InChI=1S/C11H19F3O5S.2C8H18/c1-5-8-6(2)7(3)9(10(17-4)18-8)19-20(15,16)11(12,13)14;2*1-3-5-7-8-6-4-2/h6-10H,5H2,1-4H3;2*3-8H2,1-2H3/t6-,7+,8?,9?,10-;;/m1../s1. The summed E-state index contributed by atoms with van der Waals surface area (Å²) in [5.74, 6) is -0.615. The number of methoxy groups -OCH3 is 1. The van der Waals surface area contributed by atoms with Crippen LogP contribution in [0.3, 0.4) is 0 Å². The van der Waals surface area contributed by atoms with Gasteiger partial charge in [0, 0.05) is 7.11 Å². The van der Waals surface area contributed by atoms with Crippen molar-refractivity contribution in [2.45, 2.75) is 156 Å². The summed E-state index contributed by atoms with van der Waals surface area (Å²) in [5.41, 5.74) is -5.46. The molecule has 0 aromatic heterocycles. The first kappa shape index (κ1) is 37.8. The van der Waals surface area contributed by atoms with Gasteiger partial charge in [0.15, 0.2) is 6.29 Å². The second-order valence-electron chi connectivity index (χ2n) is 9.69. The van der Waals surface area contributed by atoms with E-state index in [-0.39, 0.29) is 12.0 Å². The molecule has 0 amide bonds. The highest BCUT2D eigenvalue weighted by atomic mass is 32.2. The molecule has 220 valence electrons. The monoisotopic (exact) mass is 548 g/mol. The Kier molecular flexibility index (Phi) is 22.6. The van der Waals surface area contributed by atoms with Crippen LogP contribution >= 0.6 is 0 Å². The molecule has 36 heavy (non-hydrogen) atoms. The molecule has 0 spiro atoms. The fraction of sp³-hybridized carbons (Fsp3) is 1.00. The molecule has 1 heterocycles. The zero-order chi connectivity index (χ0) is 28.2. The Labute approximate surface area is 220 Å². The zero-order valence-electron chi connectivity index (χ0n) is 24.2. The van der Waals surface area contributed by atoms with Crippen LogP contribution in [0, 0.1) is 11.8 Å². The van der Waals surface area contributed by atoms with Crippen LogP contribution < -0.4 is 0 Å². The molecule has 0 aromatic rings. The Morgan fingerprint density at radius 2 is 1.11 bits per heavy atom. The van der Waals surface area contributed by atoms with Crippen LogP contribution in [-0.4, -0.2) is 39.5 Å². The first-order valence-electron chi connectivity index (χ1n) is 14.1. The van der Waals surface area contributed by atoms with Crippen molar-refractivity contribution in [1.29, 1.82) is 0 Å². The van der Waals surface area contributed by atoms with Crippen molar-refractivity contribution >= 4 is 10.1 Å². The lowest BCUT2D eigenvalue weighted by molar-refractivity contribution is -0.255. The minimum atomic E-state index is -5.68. The van der Waals surface area contributed by atoms with Gasteiger partial charge < -0.3 is 9.47 Å². The summed E-state index contributed by atoms with van der Waals surface area (Å²) in [7, 11) is -4.45. The second-order valence-corrected chi connectivity index (χ2v) is 11.3. The van der Waals surface area contributed by atoms with Crippen molar-refractivity contribution in [3.8, 4) is 0 Å². The van der Waals surface area contributed by atoms with Gasteiger partial charge in [-0.1, -0.05) is 126 Å². The highest BCUT2D eigenvalue weighted by Gasteiger charge is 2.52. The van der Waals surface area contributed by atoms with Crippen LogP contribution in [0.15, 0.2) is 0 Å². The Morgan fingerprint density at radius 3 is 1.39 bits per heavy atom. The maximum atomic E-state index is 12.4. The van der Waals surface area contributed by atoms with Gasteiger partial charge >= 0.3 is 15.6 Å². The fourth-order valence-electron chi connectivity index (χ4n) is 3.96. The largest absolute Gasteiger partial charge is 0.523 e. The molecule has 5 atom stereocenters. The molecule has 1 saturated heterocycles. The Morgan fingerprint density at radius 1 is 0.722 bits per heavy atom. The van der Waals surface area contributed by atoms with E-state index in [9.17, 15) is 21.6 Å². The third-order valence-electron chi connectivity index (χ3n) is 6.58. The zero-order valence-corrected chi connectivity index (χ0v) is 25.0. The third kappa shape index (κ3) is 15.8. The average molecular weight is 549 g/mol. The van der Waals surface area contributed by atoms with Gasteiger partial charge in [-0.25, -0.2) is 0 Å². The molecular weight excluding hydrogens is 493 g/mol. The average Bonchev–Trinajstić information content (AvgIpc) is 2.83. The molecule has 9 heteroatoms. The van der Waals surface area contributed by atoms with Gasteiger partial charge in [-0.05, 0) is 18.3 Å². The molecule has 1 aliphatic rings. The Bertz CT molecular complexity index is 573. The molecule has 0 aliphatic carbocycles. The number of ether oxygens (including phenoxy) is 2. The highest BCUT2D eigenvalue weighted by molar-refractivity contribution is 7.87. The second kappa shape index (κ2) is 21.5. The molecular formula is C27H55F3O5S. The summed E-state index contributed by atoms with van der Waals surface area (Å²) in [6.45, 7) is 14.3. The van der Waals surface area contributed by atoms with E-state index < -0.39 is 33.9 Å². The summed E-state index contributed by atoms with van der Waals surface area (Å²) in [6.07, 6.45) is 14.9. The van der Waals surface area contributed by atoms with Crippen molar-refractivity contribution in [3.63, 3.8) is 0 Å². The predicted molar refractivity (Wildman–Crippen MR) is 142 cm³/mol. The Balaban J connectivity index is 0. The van der Waals surface area contributed by atoms with Crippen molar-refractivity contribution in [2.75, 3.05) is 7.11 Å². The van der Waals surface area contributed by atoms with Crippen molar-refractivity contribution in [2.24, 2.45) is 11.8 Å². The molecule has 2 unspecified atom stereocenters. The van der Waals surface area contributed by atoms with Gasteiger partial charge in [-0.2, -0.15) is 21.6 Å². The maximum Gasteiger partial charge on any atom is 0.523 e. The van der Waals surface area contributed by atoms with E-state index >= 15 is 0 Å². The van der Waals surface area contributed by atoms with Crippen LogP contribution in [0.4, 0.5) is 13.2 Å². The van der Waals surface area contributed by atoms with E-state index in [0.717, 1.165) is 0 Å². The van der Waals surface area contributed by atoms with Gasteiger partial charge in [0.25, 0.3) is 0 Å². The molecule has 1 fully saturated rings. The van der Waals surface area contributed by atoms with E-state index in [2.05, 4.69) is 31.9 Å².